The van der Waals surface area contributed by atoms with Crippen LogP contribution < -0.4 is 0 Å². The predicted octanol–water partition coefficient (Wildman–Crippen LogP) is 2.97. The molecule has 0 aromatic rings. The molecule has 0 bridgehead atoms. The number of rotatable bonds is 1. The van der Waals surface area contributed by atoms with E-state index in [4.69, 9.17) is 0 Å². The van der Waals surface area contributed by atoms with Gasteiger partial charge in [-0.1, -0.05) is 0 Å². The van der Waals surface area contributed by atoms with Crippen molar-refractivity contribution in [2.24, 2.45) is 11.8 Å². The molecule has 0 N–H and O–H groups in total. The minimum atomic E-state index is 0.812. The van der Waals surface area contributed by atoms with E-state index in [-0.39, 0.29) is 0 Å². The Morgan fingerprint density at radius 1 is 1.22 bits per heavy atom. The molecular formula is C8H16Xe. The Morgan fingerprint density at radius 2 is 1.78 bits per heavy atom. The molecule has 0 nitrogen and oxygen atoms in total. The molecule has 1 aliphatic rings. The van der Waals surface area contributed by atoms with Gasteiger partial charge in [0.2, 0.25) is 0 Å². The third-order valence-electron chi connectivity index (χ3n) is 2.14. The molecule has 1 heterocycles. The van der Waals surface area contributed by atoms with E-state index in [1.165, 1.54) is 12.8 Å². The Bertz CT molecular complexity index is 72.6. The van der Waals surface area contributed by atoms with Gasteiger partial charge < -0.3 is 0 Å². The fraction of sp³-hybridized carbons (Fsp3) is 1.00. The van der Waals surface area contributed by atoms with Crippen LogP contribution in [0.25, 0.3) is 0 Å². The van der Waals surface area contributed by atoms with Gasteiger partial charge in [0.25, 0.3) is 0 Å². The second kappa shape index (κ2) is 4.45. The van der Waals surface area contributed by atoms with E-state index in [1.807, 2.05) is 0 Å². The maximum absolute atomic E-state index is 2.37. The van der Waals surface area contributed by atoms with Crippen LogP contribution >= 0.6 is 0 Å². The van der Waals surface area contributed by atoms with Gasteiger partial charge >= 0.3 is 84.5 Å². The molecule has 0 unspecified atom stereocenters. The zero-order valence-corrected chi connectivity index (χ0v) is 8.35. The number of hydrogen-bond donors (Lipinski definition) is 0. The molecule has 0 saturated carbocycles. The van der Waals surface area contributed by atoms with E-state index in [0.717, 1.165) is 56.0 Å². The molecule has 1 rings (SSSR count). The average Bonchev–Trinajstić information content (AvgIpc) is 1.90. The van der Waals surface area contributed by atoms with E-state index in [1.54, 1.807) is 1.78 Å². The Morgan fingerprint density at radius 3 is 2.11 bits per heavy atom. The molecule has 0 aliphatic carbocycles. The van der Waals surface area contributed by atoms with Crippen molar-refractivity contribution in [3.05, 3.63) is 0 Å². The van der Waals surface area contributed by atoms with Crippen LogP contribution in [0.2, 0.25) is 1.78 Å². The van der Waals surface area contributed by atoms with Crippen molar-refractivity contribution >= 4 is 0 Å². The minimum absolute atomic E-state index is 0.812. The zero-order chi connectivity index (χ0) is 6.69. The van der Waals surface area contributed by atoms with E-state index in [0.29, 0.717) is 0 Å². The summed E-state index contributed by atoms with van der Waals surface area (Å²) >= 11 is 0.812. The second-order valence-corrected chi connectivity index (χ2v) is 6.14. The molecule has 0 atom stereocenters. The third kappa shape index (κ3) is 2.98. The molecule has 0 radical (unpaired) electrons. The summed E-state index contributed by atoms with van der Waals surface area (Å²) in [5.74, 6) is 2.03. The summed E-state index contributed by atoms with van der Waals surface area (Å²) in [6.45, 7) is 4.73. The fourth-order valence-corrected chi connectivity index (χ4v) is 4.13. The zero-order valence-electron chi connectivity index (χ0n) is 6.34. The normalized spacial score (nSPS) is 23.9. The standard InChI is InChI=1S/C8H16Xe/c1-7(2)8-3-5-9-6-4-8/h7-8H,3-6H2,1-2H3. The SMILES string of the molecule is CC(C)C1CC[Xe]CC1. The van der Waals surface area contributed by atoms with Gasteiger partial charge in [-0.05, 0) is 0 Å². The fourth-order valence-electron chi connectivity index (χ4n) is 1.31. The summed E-state index contributed by atoms with van der Waals surface area (Å²) in [7, 11) is 0. The first-order chi connectivity index (χ1) is 4.30. The molecule has 0 aromatic carbocycles. The van der Waals surface area contributed by atoms with Crippen molar-refractivity contribution in [2.45, 2.75) is 28.5 Å². The molecule has 0 spiro atoms. The van der Waals surface area contributed by atoms with Gasteiger partial charge in [0.1, 0.15) is 0 Å². The Hall–Kier alpha value is 1.57. The van der Waals surface area contributed by atoms with Crippen molar-refractivity contribution < 1.29 is 44.2 Å². The van der Waals surface area contributed by atoms with Gasteiger partial charge in [0.15, 0.2) is 0 Å². The van der Waals surface area contributed by atoms with Crippen molar-refractivity contribution in [2.75, 3.05) is 0 Å². The van der Waals surface area contributed by atoms with Gasteiger partial charge in [-0.15, -0.1) is 0 Å². The molecule has 1 fully saturated rings. The molecule has 56 valence electrons. The van der Waals surface area contributed by atoms with Gasteiger partial charge in [-0.3, -0.25) is 0 Å². The van der Waals surface area contributed by atoms with Crippen LogP contribution in [-0.4, -0.2) is 0 Å². The predicted molar refractivity (Wildman–Crippen MR) is 37.2 cm³/mol. The second-order valence-electron chi connectivity index (χ2n) is 3.11. The van der Waals surface area contributed by atoms with Crippen molar-refractivity contribution in [3.8, 4) is 0 Å². The summed E-state index contributed by atoms with van der Waals surface area (Å²) in [6, 6.07) is 0. The number of hydrogen-bond acceptors (Lipinski definition) is 0. The molecular weight excluding hydrogens is 227 g/mol. The van der Waals surface area contributed by atoms with Crippen LogP contribution in [0.4, 0.5) is 0 Å². The first-order valence-corrected chi connectivity index (χ1v) is 6.66. The molecule has 1 saturated heterocycles. The summed E-state index contributed by atoms with van der Waals surface area (Å²) in [5.41, 5.74) is 0. The summed E-state index contributed by atoms with van der Waals surface area (Å²) < 4.78 is 3.16. The topological polar surface area (TPSA) is 0 Å². The molecule has 1 heteroatoms. The monoisotopic (exact) mass is 244 g/mol. The van der Waals surface area contributed by atoms with E-state index in [9.17, 15) is 0 Å². The van der Waals surface area contributed by atoms with E-state index >= 15 is 0 Å². The molecule has 0 amide bonds. The first-order valence-electron chi connectivity index (χ1n) is 3.80. The van der Waals surface area contributed by atoms with E-state index in [2.05, 4.69) is 13.8 Å². The summed E-state index contributed by atoms with van der Waals surface area (Å²) in [5, 5.41) is 0. The Balaban J connectivity index is 2.23. The first kappa shape index (κ1) is 8.67. The van der Waals surface area contributed by atoms with Gasteiger partial charge in [0, 0.05) is 0 Å². The molecule has 0 aromatic heterocycles. The summed E-state index contributed by atoms with van der Waals surface area (Å²) in [6.07, 6.45) is 3.08. The van der Waals surface area contributed by atoms with Crippen LogP contribution in [-0.2, 0) is 0 Å². The van der Waals surface area contributed by atoms with Gasteiger partial charge in [-0.25, -0.2) is 0 Å². The molecule has 1 aliphatic heterocycles. The van der Waals surface area contributed by atoms with Crippen molar-refractivity contribution in [1.29, 1.82) is 0 Å². The summed E-state index contributed by atoms with van der Waals surface area (Å²) in [4.78, 5) is 0. The quantitative estimate of drug-likeness (QED) is 0.664. The van der Waals surface area contributed by atoms with Crippen molar-refractivity contribution in [3.63, 3.8) is 0 Å². The van der Waals surface area contributed by atoms with Crippen LogP contribution in [0.5, 0.6) is 0 Å². The molecule has 9 heavy (non-hydrogen) atoms. The van der Waals surface area contributed by atoms with Gasteiger partial charge in [-0.2, -0.15) is 0 Å². The van der Waals surface area contributed by atoms with Crippen LogP contribution in [0, 0.1) is 56.0 Å². The average molecular weight is 244 g/mol. The van der Waals surface area contributed by atoms with Crippen LogP contribution in [0.3, 0.4) is 0 Å². The maximum atomic E-state index is 2.37. The Kier molecular flexibility index (Phi) is 4.28. The van der Waals surface area contributed by atoms with Crippen molar-refractivity contribution in [1.82, 2.24) is 0 Å². The third-order valence-corrected chi connectivity index (χ3v) is 4.73. The van der Waals surface area contributed by atoms with Crippen LogP contribution in [0.1, 0.15) is 26.7 Å². The Labute approximate surface area is 83.1 Å². The van der Waals surface area contributed by atoms with Gasteiger partial charge in [0.05, 0.1) is 0 Å². The van der Waals surface area contributed by atoms with E-state index < -0.39 is 0 Å². The van der Waals surface area contributed by atoms with Crippen LogP contribution in [0.15, 0.2) is 0 Å².